The highest BCUT2D eigenvalue weighted by Gasteiger charge is 2.36. The van der Waals surface area contributed by atoms with Crippen molar-refractivity contribution in [2.45, 2.75) is 19.3 Å². The predicted molar refractivity (Wildman–Crippen MR) is 251 cm³/mol. The lowest BCUT2D eigenvalue weighted by Gasteiger charge is -2.22. The molecule has 0 unspecified atom stereocenters. The number of rotatable bonds is 8. The Kier molecular flexibility index (Phi) is 9.03. The van der Waals surface area contributed by atoms with Gasteiger partial charge in [0.2, 0.25) is 0 Å². The van der Waals surface area contributed by atoms with Gasteiger partial charge in [-0.2, -0.15) is 0 Å². The molecule has 280 valence electrons. The normalized spacial score (nSPS) is 13.2. The average Bonchev–Trinajstić information content (AvgIpc) is 3.53. The first kappa shape index (κ1) is 36.0. The smallest absolute Gasteiger partial charge is 0.0724 e. The summed E-state index contributed by atoms with van der Waals surface area (Å²) in [5.74, 6) is 0. The van der Waals surface area contributed by atoms with Crippen LogP contribution >= 0.6 is 0 Å². The molecule has 59 heavy (non-hydrogen) atoms. The van der Waals surface area contributed by atoms with Gasteiger partial charge in [-0.15, -0.1) is 0 Å². The van der Waals surface area contributed by atoms with Crippen LogP contribution in [0.15, 0.2) is 211 Å². The number of nitrogens with one attached hydrogen (secondary N) is 1. The van der Waals surface area contributed by atoms with Crippen LogP contribution in [0.5, 0.6) is 0 Å². The third-order valence-corrected chi connectivity index (χ3v) is 12.0. The Labute approximate surface area is 346 Å². The summed E-state index contributed by atoms with van der Waals surface area (Å²) in [6.45, 7) is 4.71. The summed E-state index contributed by atoms with van der Waals surface area (Å²) in [5.41, 5.74) is 16.1. The third-order valence-electron chi connectivity index (χ3n) is 12.0. The van der Waals surface area contributed by atoms with Crippen LogP contribution in [0.4, 0.5) is 0 Å². The molecular formula is C57H42N2. The molecule has 0 saturated heterocycles. The molecule has 0 amide bonds. The Morgan fingerprint density at radius 2 is 1.05 bits per heavy atom. The largest absolute Gasteiger partial charge is 0.300 e. The number of hydrogen-bond donors (Lipinski definition) is 1. The van der Waals surface area contributed by atoms with E-state index >= 15 is 0 Å². The first-order valence-corrected chi connectivity index (χ1v) is 20.3. The first-order chi connectivity index (χ1) is 28.9. The van der Waals surface area contributed by atoms with Gasteiger partial charge in [0, 0.05) is 22.8 Å². The van der Waals surface area contributed by atoms with Crippen LogP contribution in [0, 0.1) is 5.41 Å². The minimum atomic E-state index is -0.124. The fraction of sp³-hybridized carbons (Fsp3) is 0.0526. The van der Waals surface area contributed by atoms with Crippen molar-refractivity contribution in [3.05, 3.63) is 234 Å². The Morgan fingerprint density at radius 1 is 0.458 bits per heavy atom. The summed E-state index contributed by atoms with van der Waals surface area (Å²) in [7, 11) is 0. The number of benzene rings is 9. The van der Waals surface area contributed by atoms with Crippen molar-refractivity contribution >= 4 is 39.2 Å². The molecule has 0 saturated carbocycles. The summed E-state index contributed by atoms with van der Waals surface area (Å²) in [6.07, 6.45) is 3.87. The predicted octanol–water partition coefficient (Wildman–Crippen LogP) is 14.8. The highest BCUT2D eigenvalue weighted by atomic mass is 14.7. The van der Waals surface area contributed by atoms with Crippen molar-refractivity contribution in [3.63, 3.8) is 0 Å². The molecule has 2 heteroatoms. The SMILES string of the molecule is CC1(C)c2cc(-c3ccc(C=N/C(=C\C(=N)c4ccccc4)c4cc(-c5ccccc5)cc(-c5ccccc5)c4)c4ccccc34)ccc2-c2c1ccc1ccccc21. The van der Waals surface area contributed by atoms with Gasteiger partial charge < -0.3 is 5.41 Å². The Hall–Kier alpha value is -7.42. The molecular weight excluding hydrogens is 713 g/mol. The van der Waals surface area contributed by atoms with Gasteiger partial charge in [0.1, 0.15) is 0 Å². The lowest BCUT2D eigenvalue weighted by Crippen LogP contribution is -2.15. The fourth-order valence-corrected chi connectivity index (χ4v) is 8.90. The molecule has 0 atom stereocenters. The van der Waals surface area contributed by atoms with Crippen molar-refractivity contribution in [3.8, 4) is 44.5 Å². The van der Waals surface area contributed by atoms with Crippen molar-refractivity contribution < 1.29 is 0 Å². The van der Waals surface area contributed by atoms with Crippen molar-refractivity contribution in [2.75, 3.05) is 0 Å². The van der Waals surface area contributed by atoms with Crippen LogP contribution in [0.25, 0.3) is 71.7 Å². The van der Waals surface area contributed by atoms with Crippen LogP contribution in [-0.2, 0) is 5.41 Å². The summed E-state index contributed by atoms with van der Waals surface area (Å²) in [4.78, 5) is 5.26. The molecule has 1 aliphatic rings. The van der Waals surface area contributed by atoms with Gasteiger partial charge in [-0.25, -0.2) is 0 Å². The molecule has 10 rings (SSSR count). The van der Waals surface area contributed by atoms with Crippen LogP contribution in [-0.4, -0.2) is 11.9 Å². The zero-order chi connectivity index (χ0) is 39.9. The lowest BCUT2D eigenvalue weighted by molar-refractivity contribution is 0.661. The molecule has 1 N–H and O–H groups in total. The molecule has 9 aromatic carbocycles. The van der Waals surface area contributed by atoms with E-state index in [-0.39, 0.29) is 5.41 Å². The van der Waals surface area contributed by atoms with E-state index in [4.69, 9.17) is 4.99 Å². The van der Waals surface area contributed by atoms with E-state index in [0.29, 0.717) is 5.71 Å². The van der Waals surface area contributed by atoms with Gasteiger partial charge in [0.25, 0.3) is 0 Å². The van der Waals surface area contributed by atoms with E-state index < -0.39 is 0 Å². The summed E-state index contributed by atoms with van der Waals surface area (Å²) in [6, 6.07) is 70.9. The van der Waals surface area contributed by atoms with Crippen LogP contribution in [0.2, 0.25) is 0 Å². The Balaban J connectivity index is 1.09. The van der Waals surface area contributed by atoms with E-state index in [2.05, 4.69) is 172 Å². The second-order valence-corrected chi connectivity index (χ2v) is 15.9. The van der Waals surface area contributed by atoms with Gasteiger partial charge in [-0.1, -0.05) is 190 Å². The number of aliphatic imine (C=N–C) groups is 1. The van der Waals surface area contributed by atoms with Crippen LogP contribution in [0.3, 0.4) is 0 Å². The van der Waals surface area contributed by atoms with E-state index in [1.165, 1.54) is 49.5 Å². The molecule has 0 fully saturated rings. The molecule has 0 heterocycles. The molecule has 0 radical (unpaired) electrons. The van der Waals surface area contributed by atoms with Gasteiger partial charge in [-0.3, -0.25) is 4.99 Å². The van der Waals surface area contributed by atoms with Crippen molar-refractivity contribution in [1.29, 1.82) is 5.41 Å². The van der Waals surface area contributed by atoms with Crippen LogP contribution in [0.1, 0.15) is 41.7 Å². The second-order valence-electron chi connectivity index (χ2n) is 15.9. The first-order valence-electron chi connectivity index (χ1n) is 20.3. The molecule has 0 spiro atoms. The zero-order valence-corrected chi connectivity index (χ0v) is 33.2. The molecule has 2 nitrogen and oxygen atoms in total. The van der Waals surface area contributed by atoms with E-state index in [1.54, 1.807) is 0 Å². The van der Waals surface area contributed by atoms with Gasteiger partial charge in [0.15, 0.2) is 0 Å². The minimum absolute atomic E-state index is 0.124. The molecule has 9 aromatic rings. The molecule has 0 aliphatic heterocycles. The molecule has 0 aromatic heterocycles. The number of nitrogens with zero attached hydrogens (tertiary/aromatic N) is 1. The maximum atomic E-state index is 9.20. The van der Waals surface area contributed by atoms with Gasteiger partial charge >= 0.3 is 0 Å². The maximum Gasteiger partial charge on any atom is 0.0724 e. The van der Waals surface area contributed by atoms with Gasteiger partial charge in [0.05, 0.1) is 11.4 Å². The minimum Gasteiger partial charge on any atom is -0.300 e. The quantitative estimate of drug-likeness (QED) is 0.150. The standard InChI is InChI=1S/C57H42N2/c1-57(2)52-31-28-40-20-12-13-24-49(40)56(52)51-30-26-42(35-53(51)57)48-29-27-43(47-23-14-15-25-50(47)48)37-59-55(36-54(58)41-21-10-5-11-22-41)46-33-44(38-16-6-3-7-17-38)32-45(34-46)39-18-8-4-9-19-39/h3-37,58H,1-2H3/b55-36-,58-54?,59-37?. The number of hydrogen-bond acceptors (Lipinski definition) is 2. The Bertz CT molecular complexity index is 3060. The van der Waals surface area contributed by atoms with Gasteiger partial charge in [-0.05, 0) is 113 Å². The molecule has 0 bridgehead atoms. The molecule has 1 aliphatic carbocycles. The maximum absolute atomic E-state index is 9.20. The topological polar surface area (TPSA) is 36.2 Å². The highest BCUT2D eigenvalue weighted by Crippen LogP contribution is 2.52. The average molecular weight is 755 g/mol. The third kappa shape index (κ3) is 6.59. The van der Waals surface area contributed by atoms with E-state index in [9.17, 15) is 5.41 Å². The van der Waals surface area contributed by atoms with E-state index in [1.807, 2.05) is 54.8 Å². The summed E-state index contributed by atoms with van der Waals surface area (Å²) < 4.78 is 0. The highest BCUT2D eigenvalue weighted by molar-refractivity contribution is 6.12. The zero-order valence-electron chi connectivity index (χ0n) is 33.2. The van der Waals surface area contributed by atoms with E-state index in [0.717, 1.165) is 50.0 Å². The van der Waals surface area contributed by atoms with Crippen molar-refractivity contribution in [2.24, 2.45) is 4.99 Å². The fourth-order valence-electron chi connectivity index (χ4n) is 8.90. The van der Waals surface area contributed by atoms with Crippen LogP contribution < -0.4 is 0 Å². The second kappa shape index (κ2) is 14.8. The lowest BCUT2D eigenvalue weighted by atomic mass is 9.81. The monoisotopic (exact) mass is 754 g/mol. The van der Waals surface area contributed by atoms with Crippen molar-refractivity contribution in [1.82, 2.24) is 0 Å². The number of fused-ring (bicyclic) bond motifs is 6. The Morgan fingerprint density at radius 3 is 1.75 bits per heavy atom. The summed E-state index contributed by atoms with van der Waals surface area (Å²) in [5, 5.41) is 14.1. The number of allylic oxidation sites excluding steroid dienone is 1. The summed E-state index contributed by atoms with van der Waals surface area (Å²) >= 11 is 0.